The second-order valence-corrected chi connectivity index (χ2v) is 2.89. The van der Waals surface area contributed by atoms with Crippen LogP contribution in [0.1, 0.15) is 15.9 Å². The molecule has 0 spiro atoms. The normalized spacial score (nSPS) is 8.76. The summed E-state index contributed by atoms with van der Waals surface area (Å²) in [4.78, 5) is 31.3. The molecule has 0 unspecified atom stereocenters. The van der Waals surface area contributed by atoms with Gasteiger partial charge in [0, 0.05) is 29.2 Å². The Morgan fingerprint density at radius 2 is 2.24 bits per heavy atom. The number of benzene rings is 1. The summed E-state index contributed by atoms with van der Waals surface area (Å²) in [6.07, 6.45) is 0.439. The Kier molecular flexibility index (Phi) is 3.95. The van der Waals surface area contributed by atoms with E-state index in [0.29, 0.717) is 6.29 Å². The second-order valence-electron chi connectivity index (χ2n) is 2.89. The number of esters is 1. The summed E-state index contributed by atoms with van der Waals surface area (Å²) in [7, 11) is 1.17. The smallest absolute Gasteiger partial charge is 0.384 e. The van der Waals surface area contributed by atoms with Crippen LogP contribution in [0.15, 0.2) is 18.2 Å². The van der Waals surface area contributed by atoms with Crippen LogP contribution < -0.4 is 0 Å². The standard InChI is InChI=1S/C11H7NO5/c1-17-11(14)5-3-8-2-4-10(12(15)16)6-9(8)7-13/h2,4,6-7H,1H3. The predicted molar refractivity (Wildman–Crippen MR) is 57.4 cm³/mol. The van der Waals surface area contributed by atoms with Crippen molar-refractivity contribution in [3.05, 3.63) is 39.4 Å². The maximum atomic E-state index is 10.8. The summed E-state index contributed by atoms with van der Waals surface area (Å²) in [6, 6.07) is 3.60. The van der Waals surface area contributed by atoms with Gasteiger partial charge in [-0.15, -0.1) is 0 Å². The first-order valence-corrected chi connectivity index (χ1v) is 4.42. The van der Waals surface area contributed by atoms with Gasteiger partial charge in [0.2, 0.25) is 0 Å². The van der Waals surface area contributed by atoms with E-state index in [9.17, 15) is 19.7 Å². The number of aldehydes is 1. The zero-order chi connectivity index (χ0) is 12.8. The van der Waals surface area contributed by atoms with Gasteiger partial charge >= 0.3 is 5.97 Å². The minimum Gasteiger partial charge on any atom is -0.459 e. The summed E-state index contributed by atoms with van der Waals surface area (Å²) in [5.41, 5.74) is 0.0716. The fourth-order valence-corrected chi connectivity index (χ4v) is 1.04. The molecule has 0 aliphatic rings. The first kappa shape index (κ1) is 12.4. The monoisotopic (exact) mass is 233 g/mol. The number of hydrogen-bond donors (Lipinski definition) is 0. The Balaban J connectivity index is 3.16. The average molecular weight is 233 g/mol. The van der Waals surface area contributed by atoms with Crippen molar-refractivity contribution in [3.8, 4) is 11.8 Å². The molecule has 0 aliphatic carbocycles. The van der Waals surface area contributed by atoms with Crippen molar-refractivity contribution in [3.63, 3.8) is 0 Å². The number of methoxy groups -OCH3 is 1. The van der Waals surface area contributed by atoms with Crippen molar-refractivity contribution in [2.24, 2.45) is 0 Å². The largest absolute Gasteiger partial charge is 0.459 e. The first-order valence-electron chi connectivity index (χ1n) is 4.42. The van der Waals surface area contributed by atoms with E-state index < -0.39 is 10.9 Å². The van der Waals surface area contributed by atoms with E-state index in [2.05, 4.69) is 16.6 Å². The first-order chi connectivity index (χ1) is 8.08. The van der Waals surface area contributed by atoms with E-state index >= 15 is 0 Å². The van der Waals surface area contributed by atoms with Crippen LogP contribution >= 0.6 is 0 Å². The van der Waals surface area contributed by atoms with Gasteiger partial charge in [-0.2, -0.15) is 0 Å². The Bertz CT molecular complexity index is 539. The lowest BCUT2D eigenvalue weighted by molar-refractivity contribution is -0.384. The highest BCUT2D eigenvalue weighted by Gasteiger charge is 2.09. The highest BCUT2D eigenvalue weighted by molar-refractivity contribution is 5.90. The van der Waals surface area contributed by atoms with Crippen molar-refractivity contribution in [2.75, 3.05) is 7.11 Å². The van der Waals surface area contributed by atoms with E-state index in [0.717, 1.165) is 6.07 Å². The number of nitro benzene ring substituents is 1. The molecule has 1 aromatic rings. The van der Waals surface area contributed by atoms with Gasteiger partial charge in [0.25, 0.3) is 5.69 Å². The predicted octanol–water partition coefficient (Wildman–Crippen LogP) is 0.932. The van der Waals surface area contributed by atoms with Gasteiger partial charge < -0.3 is 4.74 Å². The molecule has 0 saturated carbocycles. The van der Waals surface area contributed by atoms with Crippen molar-refractivity contribution < 1.29 is 19.2 Å². The minimum absolute atomic E-state index is 0.0515. The Hall–Kier alpha value is -2.68. The van der Waals surface area contributed by atoms with Gasteiger partial charge in [0.1, 0.15) is 0 Å². The van der Waals surface area contributed by atoms with Crippen LogP contribution in [0.5, 0.6) is 0 Å². The molecule has 0 N–H and O–H groups in total. The number of carbonyl (C=O) groups excluding carboxylic acids is 2. The van der Waals surface area contributed by atoms with E-state index in [1.54, 1.807) is 0 Å². The Morgan fingerprint density at radius 1 is 1.53 bits per heavy atom. The second kappa shape index (κ2) is 5.42. The van der Waals surface area contributed by atoms with E-state index in [1.165, 1.54) is 19.2 Å². The fourth-order valence-electron chi connectivity index (χ4n) is 1.04. The maximum absolute atomic E-state index is 10.8. The number of non-ortho nitro benzene ring substituents is 1. The summed E-state index contributed by atoms with van der Waals surface area (Å²) in [5.74, 6) is 3.78. The average Bonchev–Trinajstić information content (AvgIpc) is 2.35. The van der Waals surface area contributed by atoms with E-state index in [1.807, 2.05) is 0 Å². The van der Waals surface area contributed by atoms with Gasteiger partial charge in [-0.25, -0.2) is 4.79 Å². The van der Waals surface area contributed by atoms with Crippen LogP contribution in [0.2, 0.25) is 0 Å². The maximum Gasteiger partial charge on any atom is 0.384 e. The lowest BCUT2D eigenvalue weighted by Gasteiger charge is -1.96. The molecule has 6 heteroatoms. The van der Waals surface area contributed by atoms with Gasteiger partial charge in [0.15, 0.2) is 6.29 Å². The van der Waals surface area contributed by atoms with Crippen LogP contribution in [-0.2, 0) is 9.53 Å². The highest BCUT2D eigenvalue weighted by Crippen LogP contribution is 2.15. The van der Waals surface area contributed by atoms with Crippen LogP contribution in [0.4, 0.5) is 5.69 Å². The highest BCUT2D eigenvalue weighted by atomic mass is 16.6. The summed E-state index contributed by atoms with van der Waals surface area (Å²) in [6.45, 7) is 0. The zero-order valence-corrected chi connectivity index (χ0v) is 8.80. The number of nitrogens with zero attached hydrogens (tertiary/aromatic N) is 1. The molecule has 0 fully saturated rings. The third-order valence-corrected chi connectivity index (χ3v) is 1.86. The molecule has 1 rings (SSSR count). The third-order valence-electron chi connectivity index (χ3n) is 1.86. The van der Waals surface area contributed by atoms with Crippen molar-refractivity contribution in [2.45, 2.75) is 0 Å². The zero-order valence-electron chi connectivity index (χ0n) is 8.80. The SMILES string of the molecule is COC(=O)C#Cc1ccc([N+](=O)[O-])cc1C=O. The molecule has 0 aromatic heterocycles. The molecule has 0 saturated heterocycles. The lowest BCUT2D eigenvalue weighted by Crippen LogP contribution is -1.96. The Morgan fingerprint density at radius 3 is 2.76 bits per heavy atom. The van der Waals surface area contributed by atoms with Crippen molar-refractivity contribution in [1.82, 2.24) is 0 Å². The van der Waals surface area contributed by atoms with Crippen LogP contribution in [0, 0.1) is 22.0 Å². The van der Waals surface area contributed by atoms with Crippen LogP contribution in [-0.4, -0.2) is 24.3 Å². The number of nitro groups is 1. The number of carbonyl (C=O) groups is 2. The molecular formula is C11H7NO5. The Labute approximate surface area is 96.3 Å². The summed E-state index contributed by atoms with van der Waals surface area (Å²) >= 11 is 0. The number of ether oxygens (including phenoxy) is 1. The molecule has 0 atom stereocenters. The topological polar surface area (TPSA) is 86.5 Å². The van der Waals surface area contributed by atoms with Crippen molar-refractivity contribution in [1.29, 1.82) is 0 Å². The van der Waals surface area contributed by atoms with Gasteiger partial charge in [-0.05, 0) is 6.07 Å². The summed E-state index contributed by atoms with van der Waals surface area (Å²) < 4.78 is 4.30. The molecule has 1 aromatic carbocycles. The van der Waals surface area contributed by atoms with Crippen LogP contribution in [0.3, 0.4) is 0 Å². The molecule has 86 valence electrons. The van der Waals surface area contributed by atoms with Crippen LogP contribution in [0.25, 0.3) is 0 Å². The molecule has 17 heavy (non-hydrogen) atoms. The van der Waals surface area contributed by atoms with E-state index in [4.69, 9.17) is 0 Å². The minimum atomic E-state index is -0.750. The molecule has 0 amide bonds. The van der Waals surface area contributed by atoms with E-state index in [-0.39, 0.29) is 16.8 Å². The van der Waals surface area contributed by atoms with Gasteiger partial charge in [-0.3, -0.25) is 14.9 Å². The van der Waals surface area contributed by atoms with Gasteiger partial charge in [0.05, 0.1) is 12.0 Å². The van der Waals surface area contributed by atoms with Crippen molar-refractivity contribution >= 4 is 17.9 Å². The van der Waals surface area contributed by atoms with Gasteiger partial charge in [-0.1, -0.05) is 5.92 Å². The number of hydrogen-bond acceptors (Lipinski definition) is 5. The molecule has 0 radical (unpaired) electrons. The molecular weight excluding hydrogens is 226 g/mol. The third kappa shape index (κ3) is 3.14. The molecule has 0 aliphatic heterocycles. The molecule has 6 nitrogen and oxygen atoms in total. The number of rotatable bonds is 2. The lowest BCUT2D eigenvalue weighted by atomic mass is 10.1. The quantitative estimate of drug-likeness (QED) is 0.249. The molecule has 0 heterocycles. The molecule has 0 bridgehead atoms. The summed E-state index contributed by atoms with van der Waals surface area (Å²) in [5, 5.41) is 10.5. The fraction of sp³-hybridized carbons (Fsp3) is 0.0909.